The van der Waals surface area contributed by atoms with E-state index in [0.29, 0.717) is 23.8 Å². The molecule has 0 atom stereocenters. The van der Waals surface area contributed by atoms with Crippen LogP contribution in [0.3, 0.4) is 0 Å². The smallest absolute Gasteiger partial charge is 0.103 e. The molecule has 0 spiro atoms. The predicted octanol–water partition coefficient (Wildman–Crippen LogP) is 2.05. The molecule has 1 aromatic rings. The quantitative estimate of drug-likeness (QED) is 0.730. The fraction of sp³-hybridized carbons (Fsp3) is 0.364. The lowest BCUT2D eigenvalue weighted by Gasteiger charge is -2.29. The Morgan fingerprint density at radius 2 is 2.07 bits per heavy atom. The van der Waals surface area contributed by atoms with Gasteiger partial charge in [-0.15, -0.1) is 0 Å². The highest BCUT2D eigenvalue weighted by Crippen LogP contribution is 2.27. The summed E-state index contributed by atoms with van der Waals surface area (Å²) in [4.78, 5) is 2.13. The van der Waals surface area contributed by atoms with E-state index in [0.717, 1.165) is 18.8 Å². The second-order valence-corrected chi connectivity index (χ2v) is 3.75. The van der Waals surface area contributed by atoms with Crippen LogP contribution in [0.5, 0.6) is 0 Å². The van der Waals surface area contributed by atoms with Gasteiger partial charge in [0.1, 0.15) is 6.07 Å². The molecule has 1 aromatic carbocycles. The van der Waals surface area contributed by atoms with Gasteiger partial charge in [-0.2, -0.15) is 5.26 Å². The molecule has 2 rings (SSSR count). The topological polar surface area (TPSA) is 36.3 Å². The third-order valence-electron chi connectivity index (χ3n) is 2.46. The number of hydrogen-bond acceptors (Lipinski definition) is 3. The van der Waals surface area contributed by atoms with Gasteiger partial charge in [0.2, 0.25) is 0 Å². The summed E-state index contributed by atoms with van der Waals surface area (Å²) >= 11 is 5.97. The molecule has 1 saturated heterocycles. The second-order valence-electron chi connectivity index (χ2n) is 3.35. The van der Waals surface area contributed by atoms with Crippen LogP contribution < -0.4 is 4.90 Å². The number of nitrogens with zero attached hydrogens (tertiary/aromatic N) is 2. The van der Waals surface area contributed by atoms with Crippen molar-refractivity contribution in [2.45, 2.75) is 0 Å². The van der Waals surface area contributed by atoms with Crippen LogP contribution in [0.15, 0.2) is 18.2 Å². The van der Waals surface area contributed by atoms with Gasteiger partial charge in [-0.05, 0) is 12.1 Å². The lowest BCUT2D eigenvalue weighted by molar-refractivity contribution is 0.122. The van der Waals surface area contributed by atoms with Crippen molar-refractivity contribution >= 4 is 17.3 Å². The first kappa shape index (κ1) is 10.3. The van der Waals surface area contributed by atoms with Crippen molar-refractivity contribution in [1.29, 1.82) is 5.26 Å². The molecule has 0 unspecified atom stereocenters. The number of anilines is 1. The second kappa shape index (κ2) is 4.52. The molecule has 0 N–H and O–H groups in total. The van der Waals surface area contributed by atoms with Crippen molar-refractivity contribution in [2.75, 3.05) is 31.2 Å². The van der Waals surface area contributed by atoms with Gasteiger partial charge in [0.25, 0.3) is 0 Å². The summed E-state index contributed by atoms with van der Waals surface area (Å²) in [6, 6.07) is 7.68. The monoisotopic (exact) mass is 222 g/mol. The third-order valence-corrected chi connectivity index (χ3v) is 2.77. The van der Waals surface area contributed by atoms with Crippen molar-refractivity contribution in [3.63, 3.8) is 0 Å². The molecule has 0 bridgehead atoms. The third kappa shape index (κ3) is 2.06. The predicted molar refractivity (Wildman–Crippen MR) is 59.2 cm³/mol. The summed E-state index contributed by atoms with van der Waals surface area (Å²) < 4.78 is 5.27. The van der Waals surface area contributed by atoms with Gasteiger partial charge >= 0.3 is 0 Å². The summed E-state index contributed by atoms with van der Waals surface area (Å²) in [5.74, 6) is 0. The molecule has 0 aromatic heterocycles. The molecule has 3 nitrogen and oxygen atoms in total. The lowest BCUT2D eigenvalue weighted by Crippen LogP contribution is -2.36. The van der Waals surface area contributed by atoms with Crippen molar-refractivity contribution in [3.8, 4) is 6.07 Å². The molecular formula is C11H11ClN2O. The zero-order valence-corrected chi connectivity index (χ0v) is 9.00. The van der Waals surface area contributed by atoms with Gasteiger partial charge in [0.05, 0.1) is 29.5 Å². The largest absolute Gasteiger partial charge is 0.378 e. The molecule has 1 fully saturated rings. The Labute approximate surface area is 93.8 Å². The molecule has 0 radical (unpaired) electrons. The molecular weight excluding hydrogens is 212 g/mol. The Kier molecular flexibility index (Phi) is 3.10. The minimum Gasteiger partial charge on any atom is -0.378 e. The minimum absolute atomic E-state index is 0.515. The van der Waals surface area contributed by atoms with E-state index in [9.17, 15) is 0 Å². The first-order valence-corrected chi connectivity index (χ1v) is 5.22. The molecule has 15 heavy (non-hydrogen) atoms. The highest BCUT2D eigenvalue weighted by Gasteiger charge is 2.15. The van der Waals surface area contributed by atoms with Crippen LogP contribution in [-0.2, 0) is 4.74 Å². The molecule has 1 aliphatic rings. The van der Waals surface area contributed by atoms with E-state index in [2.05, 4.69) is 11.0 Å². The molecule has 0 amide bonds. The molecule has 0 saturated carbocycles. The average Bonchev–Trinajstić information content (AvgIpc) is 2.30. The number of rotatable bonds is 1. The van der Waals surface area contributed by atoms with Crippen molar-refractivity contribution in [2.24, 2.45) is 0 Å². The van der Waals surface area contributed by atoms with E-state index < -0.39 is 0 Å². The molecule has 1 aliphatic heterocycles. The molecule has 0 aliphatic carbocycles. The van der Waals surface area contributed by atoms with Crippen molar-refractivity contribution in [3.05, 3.63) is 28.8 Å². The number of benzene rings is 1. The summed E-state index contributed by atoms with van der Waals surface area (Å²) in [5, 5.41) is 9.55. The van der Waals surface area contributed by atoms with E-state index in [-0.39, 0.29) is 0 Å². The number of nitriles is 1. The minimum atomic E-state index is 0.515. The average molecular weight is 223 g/mol. The fourth-order valence-corrected chi connectivity index (χ4v) is 1.90. The Morgan fingerprint density at radius 1 is 1.33 bits per heavy atom. The summed E-state index contributed by atoms with van der Waals surface area (Å²) in [7, 11) is 0. The first-order chi connectivity index (χ1) is 7.33. The summed E-state index contributed by atoms with van der Waals surface area (Å²) in [6.07, 6.45) is 0. The number of morpholine rings is 1. The fourth-order valence-electron chi connectivity index (χ4n) is 1.69. The maximum absolute atomic E-state index is 9.04. The van der Waals surface area contributed by atoms with Gasteiger partial charge in [0, 0.05) is 13.1 Å². The zero-order valence-electron chi connectivity index (χ0n) is 8.24. The van der Waals surface area contributed by atoms with E-state index in [1.54, 1.807) is 6.07 Å². The standard InChI is InChI=1S/C11H11ClN2O/c12-10-2-1-3-11(9(10)8-13)14-4-6-15-7-5-14/h1-3H,4-7H2. The maximum atomic E-state index is 9.04. The molecule has 4 heteroatoms. The Bertz CT molecular complexity index is 394. The maximum Gasteiger partial charge on any atom is 0.103 e. The van der Waals surface area contributed by atoms with Crippen LogP contribution in [0.25, 0.3) is 0 Å². The van der Waals surface area contributed by atoms with Gasteiger partial charge < -0.3 is 9.64 Å². The van der Waals surface area contributed by atoms with Gasteiger partial charge in [-0.1, -0.05) is 17.7 Å². The SMILES string of the molecule is N#Cc1c(Cl)cccc1N1CCOCC1. The van der Waals surface area contributed by atoms with Crippen molar-refractivity contribution < 1.29 is 4.74 Å². The number of hydrogen-bond donors (Lipinski definition) is 0. The van der Waals surface area contributed by atoms with Crippen LogP contribution in [0.2, 0.25) is 5.02 Å². The van der Waals surface area contributed by atoms with E-state index in [4.69, 9.17) is 21.6 Å². The number of halogens is 1. The Balaban J connectivity index is 2.34. The number of ether oxygens (including phenoxy) is 1. The van der Waals surface area contributed by atoms with Gasteiger partial charge in [-0.3, -0.25) is 0 Å². The Morgan fingerprint density at radius 3 is 2.73 bits per heavy atom. The lowest BCUT2D eigenvalue weighted by atomic mass is 10.1. The van der Waals surface area contributed by atoms with Crippen LogP contribution in [0.4, 0.5) is 5.69 Å². The summed E-state index contributed by atoms with van der Waals surface area (Å²) in [6.45, 7) is 3.04. The highest BCUT2D eigenvalue weighted by molar-refractivity contribution is 6.32. The van der Waals surface area contributed by atoms with E-state index in [1.165, 1.54) is 0 Å². The first-order valence-electron chi connectivity index (χ1n) is 4.84. The Hall–Kier alpha value is -1.24. The van der Waals surface area contributed by atoms with Gasteiger partial charge in [0.15, 0.2) is 0 Å². The van der Waals surface area contributed by atoms with Crippen LogP contribution in [0, 0.1) is 11.3 Å². The van der Waals surface area contributed by atoms with Crippen LogP contribution >= 0.6 is 11.6 Å². The van der Waals surface area contributed by atoms with Crippen LogP contribution in [0.1, 0.15) is 5.56 Å². The highest BCUT2D eigenvalue weighted by atomic mass is 35.5. The summed E-state index contributed by atoms with van der Waals surface area (Å²) in [5.41, 5.74) is 1.47. The van der Waals surface area contributed by atoms with Crippen LogP contribution in [-0.4, -0.2) is 26.3 Å². The van der Waals surface area contributed by atoms with Crippen molar-refractivity contribution in [1.82, 2.24) is 0 Å². The zero-order chi connectivity index (χ0) is 10.7. The normalized spacial score (nSPS) is 16.1. The molecule has 1 heterocycles. The van der Waals surface area contributed by atoms with E-state index >= 15 is 0 Å². The van der Waals surface area contributed by atoms with E-state index in [1.807, 2.05) is 12.1 Å². The van der Waals surface area contributed by atoms with Gasteiger partial charge in [-0.25, -0.2) is 0 Å². The molecule has 78 valence electrons.